The highest BCUT2D eigenvalue weighted by atomic mass is 79.9. The summed E-state index contributed by atoms with van der Waals surface area (Å²) >= 11 is 3.39. The molecular formula is C7H13BrO. The highest BCUT2D eigenvalue weighted by Gasteiger charge is 2.35. The molecule has 0 spiro atoms. The Morgan fingerprint density at radius 2 is 2.22 bits per heavy atom. The van der Waals surface area contributed by atoms with Gasteiger partial charge in [0.2, 0.25) is 0 Å². The Bertz CT molecular complexity index is 85.0. The molecule has 1 rings (SSSR count). The van der Waals surface area contributed by atoms with Crippen LogP contribution in [0.1, 0.15) is 26.2 Å². The predicted molar refractivity (Wildman–Crippen MR) is 42.0 cm³/mol. The minimum Gasteiger partial charge on any atom is -0.370 e. The van der Waals surface area contributed by atoms with Crippen LogP contribution in [0.5, 0.6) is 0 Å². The quantitative estimate of drug-likeness (QED) is 0.493. The van der Waals surface area contributed by atoms with Crippen molar-refractivity contribution in [2.75, 3.05) is 5.33 Å². The van der Waals surface area contributed by atoms with Gasteiger partial charge in [0.05, 0.1) is 12.2 Å². The molecule has 2 heteroatoms. The normalized spacial score (nSPS) is 32.7. The lowest BCUT2D eigenvalue weighted by Gasteiger charge is -1.88. The van der Waals surface area contributed by atoms with Crippen molar-refractivity contribution in [1.29, 1.82) is 0 Å². The van der Waals surface area contributed by atoms with E-state index >= 15 is 0 Å². The SMILES string of the molecule is CC[C@H]1O[C@H]1CCCBr. The molecule has 1 aliphatic heterocycles. The number of rotatable bonds is 4. The first-order chi connectivity index (χ1) is 4.38. The summed E-state index contributed by atoms with van der Waals surface area (Å²) in [6, 6.07) is 0. The first kappa shape index (κ1) is 7.55. The summed E-state index contributed by atoms with van der Waals surface area (Å²) in [4.78, 5) is 0. The summed E-state index contributed by atoms with van der Waals surface area (Å²) in [5, 5.41) is 1.11. The molecule has 0 aliphatic carbocycles. The van der Waals surface area contributed by atoms with Crippen molar-refractivity contribution >= 4 is 15.9 Å². The molecule has 1 fully saturated rings. The van der Waals surface area contributed by atoms with E-state index in [0.29, 0.717) is 12.2 Å². The van der Waals surface area contributed by atoms with Gasteiger partial charge >= 0.3 is 0 Å². The Morgan fingerprint density at radius 1 is 1.44 bits per heavy atom. The molecule has 0 saturated carbocycles. The molecule has 1 nitrogen and oxygen atoms in total. The van der Waals surface area contributed by atoms with E-state index in [1.54, 1.807) is 0 Å². The first-order valence-electron chi connectivity index (χ1n) is 3.60. The van der Waals surface area contributed by atoms with Crippen LogP contribution in [0.3, 0.4) is 0 Å². The van der Waals surface area contributed by atoms with Gasteiger partial charge in [0.25, 0.3) is 0 Å². The summed E-state index contributed by atoms with van der Waals surface area (Å²) in [5.41, 5.74) is 0. The number of hydrogen-bond acceptors (Lipinski definition) is 1. The molecule has 0 bridgehead atoms. The van der Waals surface area contributed by atoms with Crippen LogP contribution >= 0.6 is 15.9 Å². The molecule has 0 aromatic rings. The van der Waals surface area contributed by atoms with Crippen molar-refractivity contribution in [2.24, 2.45) is 0 Å². The van der Waals surface area contributed by atoms with Crippen molar-refractivity contribution in [1.82, 2.24) is 0 Å². The van der Waals surface area contributed by atoms with Crippen LogP contribution in [0.15, 0.2) is 0 Å². The lowest BCUT2D eigenvalue weighted by atomic mass is 10.2. The van der Waals surface area contributed by atoms with Gasteiger partial charge < -0.3 is 4.74 Å². The van der Waals surface area contributed by atoms with E-state index in [9.17, 15) is 0 Å². The second kappa shape index (κ2) is 3.57. The highest BCUT2D eigenvalue weighted by Crippen LogP contribution is 2.28. The summed E-state index contributed by atoms with van der Waals surface area (Å²) in [6.07, 6.45) is 4.88. The minimum absolute atomic E-state index is 0.601. The first-order valence-corrected chi connectivity index (χ1v) is 4.72. The van der Waals surface area contributed by atoms with Crippen LogP contribution in [-0.4, -0.2) is 17.5 Å². The smallest absolute Gasteiger partial charge is 0.0842 e. The van der Waals surface area contributed by atoms with Crippen LogP contribution in [0, 0.1) is 0 Å². The van der Waals surface area contributed by atoms with Gasteiger partial charge in [0, 0.05) is 5.33 Å². The zero-order valence-electron chi connectivity index (χ0n) is 5.77. The molecule has 54 valence electrons. The van der Waals surface area contributed by atoms with Gasteiger partial charge in [-0.05, 0) is 19.3 Å². The van der Waals surface area contributed by atoms with Gasteiger partial charge in [0.15, 0.2) is 0 Å². The van der Waals surface area contributed by atoms with Crippen LogP contribution in [0.25, 0.3) is 0 Å². The minimum atomic E-state index is 0.601. The summed E-state index contributed by atoms with van der Waals surface area (Å²) in [6.45, 7) is 2.18. The Hall–Kier alpha value is 0.440. The Morgan fingerprint density at radius 3 is 2.67 bits per heavy atom. The van der Waals surface area contributed by atoms with Crippen molar-refractivity contribution in [3.8, 4) is 0 Å². The highest BCUT2D eigenvalue weighted by molar-refractivity contribution is 9.09. The molecule has 1 aliphatic rings. The molecule has 0 radical (unpaired) electrons. The topological polar surface area (TPSA) is 12.5 Å². The van der Waals surface area contributed by atoms with Gasteiger partial charge in [-0.2, -0.15) is 0 Å². The van der Waals surface area contributed by atoms with E-state index in [1.165, 1.54) is 19.3 Å². The summed E-state index contributed by atoms with van der Waals surface area (Å²) < 4.78 is 5.35. The third kappa shape index (κ3) is 2.26. The van der Waals surface area contributed by atoms with E-state index in [4.69, 9.17) is 4.74 Å². The van der Waals surface area contributed by atoms with Crippen molar-refractivity contribution in [3.05, 3.63) is 0 Å². The van der Waals surface area contributed by atoms with Crippen molar-refractivity contribution in [3.63, 3.8) is 0 Å². The molecule has 0 amide bonds. The van der Waals surface area contributed by atoms with E-state index in [0.717, 1.165) is 5.33 Å². The zero-order valence-corrected chi connectivity index (χ0v) is 7.36. The lowest BCUT2D eigenvalue weighted by molar-refractivity contribution is 0.359. The maximum Gasteiger partial charge on any atom is 0.0842 e. The van der Waals surface area contributed by atoms with Gasteiger partial charge in [0.1, 0.15) is 0 Å². The van der Waals surface area contributed by atoms with Crippen LogP contribution < -0.4 is 0 Å². The third-order valence-corrected chi connectivity index (χ3v) is 2.27. The number of ether oxygens (including phenoxy) is 1. The molecule has 0 unspecified atom stereocenters. The maximum absolute atomic E-state index is 5.35. The van der Waals surface area contributed by atoms with E-state index in [2.05, 4.69) is 22.9 Å². The molecule has 1 heterocycles. The second-order valence-corrected chi connectivity index (χ2v) is 3.25. The monoisotopic (exact) mass is 192 g/mol. The number of alkyl halides is 1. The fraction of sp³-hybridized carbons (Fsp3) is 1.00. The van der Waals surface area contributed by atoms with Crippen LogP contribution in [0.2, 0.25) is 0 Å². The number of hydrogen-bond donors (Lipinski definition) is 0. The van der Waals surface area contributed by atoms with Crippen LogP contribution in [0.4, 0.5) is 0 Å². The fourth-order valence-corrected chi connectivity index (χ4v) is 1.39. The van der Waals surface area contributed by atoms with Gasteiger partial charge in [-0.1, -0.05) is 22.9 Å². The van der Waals surface area contributed by atoms with Gasteiger partial charge in [-0.25, -0.2) is 0 Å². The third-order valence-electron chi connectivity index (χ3n) is 1.71. The predicted octanol–water partition coefficient (Wildman–Crippen LogP) is 2.34. The molecule has 1 saturated heterocycles. The fourth-order valence-electron chi connectivity index (χ4n) is 1.07. The molecule has 9 heavy (non-hydrogen) atoms. The van der Waals surface area contributed by atoms with E-state index in [-0.39, 0.29) is 0 Å². The molecule has 0 aromatic carbocycles. The molecule has 0 N–H and O–H groups in total. The Kier molecular flexibility index (Phi) is 2.99. The lowest BCUT2D eigenvalue weighted by Crippen LogP contribution is -1.91. The standard InChI is InChI=1S/C7H13BrO/c1-2-6-7(9-6)4-3-5-8/h6-7H,2-5H2,1H3/t6-,7+/m1/s1. The molecular weight excluding hydrogens is 180 g/mol. The zero-order chi connectivity index (χ0) is 6.69. The van der Waals surface area contributed by atoms with Gasteiger partial charge in [-0.15, -0.1) is 0 Å². The van der Waals surface area contributed by atoms with Crippen molar-refractivity contribution in [2.45, 2.75) is 38.4 Å². The van der Waals surface area contributed by atoms with Crippen molar-refractivity contribution < 1.29 is 4.74 Å². The summed E-state index contributed by atoms with van der Waals surface area (Å²) in [7, 11) is 0. The Balaban J connectivity index is 1.92. The van der Waals surface area contributed by atoms with Gasteiger partial charge in [-0.3, -0.25) is 0 Å². The second-order valence-electron chi connectivity index (χ2n) is 2.45. The van der Waals surface area contributed by atoms with E-state index < -0.39 is 0 Å². The van der Waals surface area contributed by atoms with E-state index in [1.807, 2.05) is 0 Å². The molecule has 2 atom stereocenters. The average Bonchev–Trinajstić information content (AvgIpc) is 2.62. The summed E-state index contributed by atoms with van der Waals surface area (Å²) in [5.74, 6) is 0. The molecule has 0 aromatic heterocycles. The maximum atomic E-state index is 5.35. The van der Waals surface area contributed by atoms with Crippen LogP contribution in [-0.2, 0) is 4.74 Å². The average molecular weight is 193 g/mol. The largest absolute Gasteiger partial charge is 0.370 e. The number of halogens is 1. The Labute approximate surface area is 64.9 Å². The number of epoxide rings is 1.